The van der Waals surface area contributed by atoms with Gasteiger partial charge in [0, 0.05) is 19.8 Å². The van der Waals surface area contributed by atoms with Crippen LogP contribution in [0, 0.1) is 0 Å². The molecule has 2 aromatic carbocycles. The van der Waals surface area contributed by atoms with Crippen molar-refractivity contribution >= 4 is 35.1 Å². The Hall–Kier alpha value is -3.71. The Labute approximate surface area is 196 Å². The first kappa shape index (κ1) is 22.5. The van der Waals surface area contributed by atoms with Crippen molar-refractivity contribution in [3.63, 3.8) is 0 Å². The van der Waals surface area contributed by atoms with Crippen LogP contribution in [0.3, 0.4) is 0 Å². The van der Waals surface area contributed by atoms with Crippen LogP contribution in [0.2, 0.25) is 0 Å². The zero-order chi connectivity index (χ0) is 23.5. The molecule has 0 spiro atoms. The maximum absolute atomic E-state index is 13.4. The Balaban J connectivity index is 1.84. The summed E-state index contributed by atoms with van der Waals surface area (Å²) in [7, 11) is 5.30. The molecule has 7 heteroatoms. The highest BCUT2D eigenvalue weighted by Gasteiger charge is 2.30. The van der Waals surface area contributed by atoms with Gasteiger partial charge < -0.3 is 9.64 Å². The highest BCUT2D eigenvalue weighted by Crippen LogP contribution is 2.26. The summed E-state index contributed by atoms with van der Waals surface area (Å²) in [5.41, 5.74) is 3.70. The normalized spacial score (nSPS) is 16.0. The number of fused-ring (bicyclic) bond motifs is 1. The van der Waals surface area contributed by atoms with Crippen molar-refractivity contribution in [2.45, 2.75) is 13.0 Å². The Morgan fingerprint density at radius 3 is 2.42 bits per heavy atom. The van der Waals surface area contributed by atoms with E-state index in [1.165, 1.54) is 18.4 Å². The first-order valence-corrected chi connectivity index (χ1v) is 11.3. The van der Waals surface area contributed by atoms with Crippen molar-refractivity contribution in [3.8, 4) is 0 Å². The van der Waals surface area contributed by atoms with Gasteiger partial charge >= 0.3 is 5.97 Å². The molecule has 0 saturated heterocycles. The molecule has 0 N–H and O–H groups in total. The fourth-order valence-corrected chi connectivity index (χ4v) is 4.76. The predicted octanol–water partition coefficient (Wildman–Crippen LogP) is 3.14. The van der Waals surface area contributed by atoms with Crippen molar-refractivity contribution in [1.82, 2.24) is 4.57 Å². The minimum Gasteiger partial charge on any atom is -0.466 e. The van der Waals surface area contributed by atoms with Gasteiger partial charge in [0.05, 0.1) is 29.0 Å². The van der Waals surface area contributed by atoms with Crippen LogP contribution < -0.4 is 19.8 Å². The van der Waals surface area contributed by atoms with Crippen LogP contribution in [0.1, 0.15) is 24.1 Å². The highest BCUT2D eigenvalue weighted by molar-refractivity contribution is 7.07. The summed E-state index contributed by atoms with van der Waals surface area (Å²) in [5.74, 6) is -0.493. The minimum absolute atomic E-state index is 0.188. The van der Waals surface area contributed by atoms with Crippen LogP contribution >= 0.6 is 11.3 Å². The molecule has 2 heterocycles. The number of ether oxygens (including phenoxy) is 1. The molecule has 0 saturated carbocycles. The fraction of sp³-hybridized carbons (Fsp3) is 0.192. The average Bonchev–Trinajstić information content (AvgIpc) is 3.12. The number of aromatic nitrogens is 1. The molecular formula is C26H25N3O3S. The van der Waals surface area contributed by atoms with E-state index in [9.17, 15) is 9.59 Å². The molecule has 0 radical (unpaired) electrons. The predicted molar refractivity (Wildman–Crippen MR) is 133 cm³/mol. The van der Waals surface area contributed by atoms with E-state index in [0.717, 1.165) is 16.8 Å². The number of hydrogen-bond acceptors (Lipinski definition) is 6. The molecular weight excluding hydrogens is 434 g/mol. The maximum Gasteiger partial charge on any atom is 0.338 e. The molecule has 0 fully saturated rings. The van der Waals surface area contributed by atoms with Gasteiger partial charge in [-0.2, -0.15) is 0 Å². The highest BCUT2D eigenvalue weighted by atomic mass is 32.1. The summed E-state index contributed by atoms with van der Waals surface area (Å²) in [4.78, 5) is 33.2. The van der Waals surface area contributed by atoms with Gasteiger partial charge in [-0.25, -0.2) is 9.79 Å². The van der Waals surface area contributed by atoms with Gasteiger partial charge in [0.2, 0.25) is 0 Å². The van der Waals surface area contributed by atoms with Crippen LogP contribution in [-0.4, -0.2) is 31.7 Å². The Morgan fingerprint density at radius 2 is 1.79 bits per heavy atom. The van der Waals surface area contributed by atoms with Crippen LogP contribution in [0.5, 0.6) is 0 Å². The number of nitrogens with zero attached hydrogens (tertiary/aromatic N) is 3. The van der Waals surface area contributed by atoms with Crippen molar-refractivity contribution in [2.75, 3.05) is 26.1 Å². The molecule has 1 aliphatic heterocycles. The Morgan fingerprint density at radius 1 is 1.09 bits per heavy atom. The zero-order valence-corrected chi connectivity index (χ0v) is 19.8. The lowest BCUT2D eigenvalue weighted by Crippen LogP contribution is -2.38. The van der Waals surface area contributed by atoms with Gasteiger partial charge in [0.25, 0.3) is 5.56 Å². The molecule has 4 rings (SSSR count). The second kappa shape index (κ2) is 9.42. The van der Waals surface area contributed by atoms with Gasteiger partial charge in [0.1, 0.15) is 0 Å². The number of anilines is 1. The largest absolute Gasteiger partial charge is 0.466 e. The summed E-state index contributed by atoms with van der Waals surface area (Å²) in [5, 5.41) is 0. The van der Waals surface area contributed by atoms with Crippen molar-refractivity contribution in [2.24, 2.45) is 4.99 Å². The second-order valence-electron chi connectivity index (χ2n) is 7.87. The quantitative estimate of drug-likeness (QED) is 0.550. The number of hydrogen-bond donors (Lipinski definition) is 0. The van der Waals surface area contributed by atoms with Gasteiger partial charge in [0.15, 0.2) is 4.80 Å². The SMILES string of the molecule is COC(=O)C1=C(C)N=c2s/c(=C/c3ccc(N(C)C)cc3)c(=O)n2C1/C=C/c1ccccc1. The first-order chi connectivity index (χ1) is 15.9. The van der Waals surface area contributed by atoms with Gasteiger partial charge in [-0.3, -0.25) is 9.36 Å². The first-order valence-electron chi connectivity index (χ1n) is 10.5. The minimum atomic E-state index is -0.604. The summed E-state index contributed by atoms with van der Waals surface area (Å²) in [6, 6.07) is 17.1. The number of carbonyl (C=O) groups excluding carboxylic acids is 1. The van der Waals surface area contributed by atoms with E-state index < -0.39 is 12.0 Å². The summed E-state index contributed by atoms with van der Waals surface area (Å²) < 4.78 is 7.15. The smallest absolute Gasteiger partial charge is 0.338 e. The number of thiazole rings is 1. The average molecular weight is 460 g/mol. The van der Waals surface area contributed by atoms with Crippen LogP contribution in [0.15, 0.2) is 81.7 Å². The number of rotatable bonds is 5. The molecule has 168 valence electrons. The summed E-state index contributed by atoms with van der Waals surface area (Å²) >= 11 is 1.32. The van der Waals surface area contributed by atoms with Gasteiger partial charge in [-0.15, -0.1) is 0 Å². The molecule has 1 aromatic heterocycles. The topological polar surface area (TPSA) is 63.9 Å². The Kier molecular flexibility index (Phi) is 6.42. The fourth-order valence-electron chi connectivity index (χ4n) is 3.70. The maximum atomic E-state index is 13.4. The monoisotopic (exact) mass is 459 g/mol. The third kappa shape index (κ3) is 4.59. The van der Waals surface area contributed by atoms with E-state index in [1.54, 1.807) is 11.5 Å². The lowest BCUT2D eigenvalue weighted by molar-refractivity contribution is -0.136. The Bertz CT molecular complexity index is 1410. The standard InChI is InChI=1S/C26H25N3O3S/c1-17-23(25(31)32-4)21(15-12-18-8-6-5-7-9-18)29-24(30)22(33-26(29)27-17)16-19-10-13-20(14-11-19)28(2)3/h5-16,21H,1-4H3/b15-12+,22-16+. The number of benzene rings is 2. The summed E-state index contributed by atoms with van der Waals surface area (Å²) in [6.45, 7) is 1.77. The summed E-state index contributed by atoms with van der Waals surface area (Å²) in [6.07, 6.45) is 5.62. The van der Waals surface area contributed by atoms with Gasteiger partial charge in [-0.05, 0) is 36.3 Å². The van der Waals surface area contributed by atoms with Crippen molar-refractivity contribution < 1.29 is 9.53 Å². The zero-order valence-electron chi connectivity index (χ0n) is 19.0. The van der Waals surface area contributed by atoms with Crippen LogP contribution in [0.25, 0.3) is 12.2 Å². The number of carbonyl (C=O) groups is 1. The van der Waals surface area contributed by atoms with Crippen LogP contribution in [0.4, 0.5) is 5.69 Å². The molecule has 3 aromatic rings. The number of methoxy groups -OCH3 is 1. The van der Waals surface area contributed by atoms with E-state index in [1.807, 2.05) is 91.8 Å². The second-order valence-corrected chi connectivity index (χ2v) is 8.88. The van der Waals surface area contributed by atoms with Crippen molar-refractivity contribution in [3.05, 3.63) is 103 Å². The third-order valence-corrected chi connectivity index (χ3v) is 6.43. The van der Waals surface area contributed by atoms with E-state index in [0.29, 0.717) is 20.6 Å². The van der Waals surface area contributed by atoms with E-state index in [4.69, 9.17) is 4.74 Å². The van der Waals surface area contributed by atoms with E-state index >= 15 is 0 Å². The molecule has 33 heavy (non-hydrogen) atoms. The molecule has 1 aliphatic rings. The lowest BCUT2D eigenvalue weighted by Gasteiger charge is -2.21. The number of allylic oxidation sites excluding steroid dienone is 2. The number of esters is 1. The van der Waals surface area contributed by atoms with Crippen molar-refractivity contribution in [1.29, 1.82) is 0 Å². The molecule has 6 nitrogen and oxygen atoms in total. The molecule has 0 aliphatic carbocycles. The van der Waals surface area contributed by atoms with E-state index in [2.05, 4.69) is 4.99 Å². The molecule has 0 bridgehead atoms. The third-order valence-electron chi connectivity index (χ3n) is 5.45. The molecule has 1 atom stereocenters. The molecule has 0 amide bonds. The van der Waals surface area contributed by atoms with E-state index in [-0.39, 0.29) is 5.56 Å². The van der Waals surface area contributed by atoms with Crippen LogP contribution in [-0.2, 0) is 9.53 Å². The van der Waals surface area contributed by atoms with Gasteiger partial charge in [-0.1, -0.05) is 66.0 Å². The molecule has 1 unspecified atom stereocenters. The lowest BCUT2D eigenvalue weighted by atomic mass is 10.0.